The molecule has 0 spiro atoms. The Morgan fingerprint density at radius 1 is 0.248 bits per heavy atom. The van der Waals surface area contributed by atoms with E-state index < -0.39 is 5.41 Å². The Morgan fingerprint density at radius 2 is 0.549 bits per heavy atom. The van der Waals surface area contributed by atoms with E-state index in [2.05, 4.69) is 478 Å². The summed E-state index contributed by atoms with van der Waals surface area (Å²) >= 11 is 0. The maximum atomic E-state index is 9.30. The molecule has 22 aromatic rings. The topological polar surface area (TPSA) is 185 Å². The Kier molecular flexibility index (Phi) is 21.2. The SMILES string of the molecule is [C-]#[N+]c1nc2c(nc1C#N)c1nc(C#N)c(C#N)nc1c1nc([N+]#[C-])c([N+]#[C-])nc21.c1ccc(-c2ccc(N(c3ccc(-c4ccccc4)cc3)c3ccc(C4(c5cccc6c5oc5ccccc56)c5ccccc5-c5ccccc54)cc3)cc2)cc1.c1ccc(N(c2ccc(-c3ccc(N(c4ccccc4)c4cccc5ccccc45)cc3)cc2)c2cccc3ccccc23)cc1. The van der Waals surface area contributed by atoms with Crippen LogP contribution >= 0.6 is 0 Å². The highest BCUT2D eigenvalue weighted by Gasteiger charge is 2.48. The second-order valence-electron chi connectivity index (χ2n) is 31.7. The van der Waals surface area contributed by atoms with Crippen molar-refractivity contribution in [3.05, 3.63) is 492 Å². The summed E-state index contributed by atoms with van der Waals surface area (Å²) in [5.74, 6) is -0.890. The molecule has 0 saturated heterocycles. The molecule has 4 aromatic heterocycles. The Balaban J connectivity index is 0.000000126. The van der Waals surface area contributed by atoms with E-state index in [9.17, 15) is 15.8 Å². The van der Waals surface area contributed by atoms with Crippen LogP contribution in [0.2, 0.25) is 0 Å². The molecular weight excluding hydrogens is 1630 g/mol. The van der Waals surface area contributed by atoms with Crippen molar-refractivity contribution in [3.63, 3.8) is 0 Å². The molecule has 4 heterocycles. The van der Waals surface area contributed by atoms with Gasteiger partial charge < -0.3 is 33.7 Å². The van der Waals surface area contributed by atoms with E-state index in [-0.39, 0.29) is 67.6 Å². The molecule has 0 radical (unpaired) electrons. The summed E-state index contributed by atoms with van der Waals surface area (Å²) in [5, 5.41) is 35.1. The first-order chi connectivity index (χ1) is 65.7. The van der Waals surface area contributed by atoms with Crippen molar-refractivity contribution in [1.29, 1.82) is 15.8 Å². The first kappa shape index (κ1) is 80.7. The standard InChI is InChI=1S/C55H37NO.C44H32N2.C18N12/c1-3-14-38(15-4-1)40-26-32-43(33-27-40)56(44-34-28-41(29-35-44)39-16-5-2-6-17-39)45-36-30-42(31-37-45)55(50-22-10-7-18-46(50)47-19-8-11-23-51(47)55)52-24-13-21-49-48-20-9-12-25-53(48)57-54(49)52;1-3-17-37(18-4-1)45(43-23-11-15-35-13-7-9-21-41(35)43)39-29-25-33(26-30-39)34-27-31-40(32-28-34)46(38-19-5-2-6-20-38)44-24-12-16-36-14-8-10-22-42(36)44;1-22-16-9(6-21)27-12-10-11(26-8(5-20)7(4-19)25-10)14-15(13(12)28-16)30-18(24-3)17(23-2)29-14/h1-37H;1-32H;. The van der Waals surface area contributed by atoms with Gasteiger partial charge in [0.2, 0.25) is 11.0 Å². The van der Waals surface area contributed by atoms with Gasteiger partial charge in [0, 0.05) is 66.9 Å². The van der Waals surface area contributed by atoms with E-state index in [1.165, 1.54) is 82.7 Å². The van der Waals surface area contributed by atoms with Crippen molar-refractivity contribution in [2.75, 3.05) is 14.7 Å². The Hall–Kier alpha value is -19.4. The number of anilines is 9. The molecule has 23 rings (SSSR count). The number of para-hydroxylation sites is 4. The predicted molar refractivity (Wildman–Crippen MR) is 531 cm³/mol. The lowest BCUT2D eigenvalue weighted by Gasteiger charge is -2.34. The van der Waals surface area contributed by atoms with E-state index in [4.69, 9.17) is 24.1 Å². The van der Waals surface area contributed by atoms with Crippen LogP contribution in [-0.4, -0.2) is 29.9 Å². The van der Waals surface area contributed by atoms with Gasteiger partial charge >= 0.3 is 5.82 Å². The largest absolute Gasteiger partial charge is 0.456 e. The molecule has 1 aliphatic rings. The number of fused-ring (bicyclic) bond motifs is 14. The van der Waals surface area contributed by atoms with Gasteiger partial charge in [-0.3, -0.25) is 0 Å². The molecule has 618 valence electrons. The summed E-state index contributed by atoms with van der Waals surface area (Å²) in [6.45, 7) is 21.7. The van der Waals surface area contributed by atoms with Crippen molar-refractivity contribution in [2.24, 2.45) is 0 Å². The molecular formula is C117H69N15O. The Morgan fingerprint density at radius 3 is 0.970 bits per heavy atom. The minimum atomic E-state index is -0.613. The smallest absolute Gasteiger partial charge is 0.307 e. The van der Waals surface area contributed by atoms with Gasteiger partial charge in [-0.25, -0.2) is 15.0 Å². The van der Waals surface area contributed by atoms with Gasteiger partial charge in [-0.15, -0.1) is 15.0 Å². The fraction of sp³-hybridized carbons (Fsp3) is 0.00855. The fourth-order valence-electron chi connectivity index (χ4n) is 18.4. The fourth-order valence-corrected chi connectivity index (χ4v) is 18.4. The molecule has 0 amide bonds. The summed E-state index contributed by atoms with van der Waals surface area (Å²) in [6, 6.07) is 156. The highest BCUT2D eigenvalue weighted by atomic mass is 16.3. The lowest BCUT2D eigenvalue weighted by molar-refractivity contribution is 0.648. The van der Waals surface area contributed by atoms with Gasteiger partial charge in [0.05, 0.1) is 16.8 Å². The Bertz CT molecular complexity index is 7910. The molecule has 1 aliphatic carbocycles. The second kappa shape index (κ2) is 34.9. The van der Waals surface area contributed by atoms with Crippen LogP contribution in [0.15, 0.2) is 423 Å². The minimum Gasteiger partial charge on any atom is -0.456 e. The van der Waals surface area contributed by atoms with E-state index >= 15 is 0 Å². The van der Waals surface area contributed by atoms with Gasteiger partial charge in [-0.05, 0) is 175 Å². The van der Waals surface area contributed by atoms with Crippen LogP contribution in [0, 0.1) is 53.7 Å². The molecule has 0 fully saturated rings. The number of hydrogen-bond donors (Lipinski definition) is 0. The van der Waals surface area contributed by atoms with Gasteiger partial charge in [0.15, 0.2) is 17.1 Å². The highest BCUT2D eigenvalue weighted by Crippen LogP contribution is 2.59. The molecule has 0 bridgehead atoms. The lowest BCUT2D eigenvalue weighted by atomic mass is 9.67. The average molecular weight is 1700 g/mol. The van der Waals surface area contributed by atoms with Gasteiger partial charge in [0.25, 0.3) is 17.2 Å². The normalized spacial score (nSPS) is 11.5. The lowest BCUT2D eigenvalue weighted by Crippen LogP contribution is -2.28. The predicted octanol–water partition coefficient (Wildman–Crippen LogP) is 30.1. The Labute approximate surface area is 765 Å². The van der Waals surface area contributed by atoms with Crippen molar-refractivity contribution in [2.45, 2.75) is 5.41 Å². The molecule has 16 heteroatoms. The zero-order chi connectivity index (χ0) is 89.9. The molecule has 0 saturated carbocycles. The monoisotopic (exact) mass is 1700 g/mol. The van der Waals surface area contributed by atoms with Crippen LogP contribution in [0.25, 0.3) is 136 Å². The first-order valence-electron chi connectivity index (χ1n) is 43.0. The number of nitriles is 3. The number of hydrogen-bond acceptors (Lipinski definition) is 13. The zero-order valence-corrected chi connectivity index (χ0v) is 71.0. The summed E-state index contributed by atoms with van der Waals surface area (Å²) in [4.78, 5) is 41.4. The summed E-state index contributed by atoms with van der Waals surface area (Å²) < 4.78 is 6.83. The molecule has 18 aromatic carbocycles. The number of furan rings is 1. The van der Waals surface area contributed by atoms with Crippen molar-refractivity contribution >= 4 is 145 Å². The third-order valence-electron chi connectivity index (χ3n) is 24.4. The van der Waals surface area contributed by atoms with Crippen LogP contribution in [0.3, 0.4) is 0 Å². The molecule has 0 unspecified atom stereocenters. The van der Waals surface area contributed by atoms with Crippen LogP contribution in [0.1, 0.15) is 39.3 Å². The maximum Gasteiger partial charge on any atom is 0.307 e. The maximum absolute atomic E-state index is 9.30. The molecule has 133 heavy (non-hydrogen) atoms. The summed E-state index contributed by atoms with van der Waals surface area (Å²) in [5.41, 5.74) is 24.9. The van der Waals surface area contributed by atoms with Crippen LogP contribution in [0.5, 0.6) is 0 Å². The minimum absolute atomic E-state index is 0.000622. The van der Waals surface area contributed by atoms with Gasteiger partial charge in [-0.1, -0.05) is 335 Å². The number of rotatable bonds is 14. The third kappa shape index (κ3) is 14.6. The van der Waals surface area contributed by atoms with Crippen LogP contribution in [-0.2, 0) is 5.41 Å². The van der Waals surface area contributed by atoms with Gasteiger partial charge in [0.1, 0.15) is 45.9 Å². The van der Waals surface area contributed by atoms with Crippen molar-refractivity contribution in [3.8, 4) is 62.7 Å². The van der Waals surface area contributed by atoms with Crippen molar-refractivity contribution < 1.29 is 4.42 Å². The van der Waals surface area contributed by atoms with E-state index in [1.807, 2.05) is 0 Å². The highest BCUT2D eigenvalue weighted by molar-refractivity contribution is 6.19. The number of nitrogens with zero attached hydrogens (tertiary/aromatic N) is 15. The molecule has 0 atom stereocenters. The van der Waals surface area contributed by atoms with Crippen LogP contribution < -0.4 is 14.7 Å². The molecule has 16 nitrogen and oxygen atoms in total. The molecule has 0 aliphatic heterocycles. The summed E-state index contributed by atoms with van der Waals surface area (Å²) in [6.07, 6.45) is 0. The number of aromatic nitrogens is 6. The second-order valence-corrected chi connectivity index (χ2v) is 31.7. The quantitative estimate of drug-likeness (QED) is 0.0740. The van der Waals surface area contributed by atoms with Crippen LogP contribution in [0.4, 0.5) is 68.6 Å². The van der Waals surface area contributed by atoms with Crippen molar-refractivity contribution in [1.82, 2.24) is 29.9 Å². The molecule has 0 N–H and O–H groups in total. The average Bonchev–Trinajstić information content (AvgIpc) is 1.57. The van der Waals surface area contributed by atoms with E-state index in [1.54, 1.807) is 18.2 Å². The summed E-state index contributed by atoms with van der Waals surface area (Å²) in [7, 11) is 0. The van der Waals surface area contributed by atoms with Gasteiger partial charge in [-0.2, -0.15) is 15.8 Å². The van der Waals surface area contributed by atoms with E-state index in [0.717, 1.165) is 78.7 Å². The zero-order valence-electron chi connectivity index (χ0n) is 71.0. The third-order valence-corrected chi connectivity index (χ3v) is 24.4. The first-order valence-corrected chi connectivity index (χ1v) is 43.0. The van der Waals surface area contributed by atoms with E-state index in [0.29, 0.717) is 0 Å². The number of benzene rings is 18.